The van der Waals surface area contributed by atoms with E-state index in [1.807, 2.05) is 58.0 Å². The first-order valence-corrected chi connectivity index (χ1v) is 18.7. The zero-order chi connectivity index (χ0) is 35.9. The number of ketones is 1. The average Bonchev–Trinajstić information content (AvgIpc) is 3.67. The van der Waals surface area contributed by atoms with Gasteiger partial charge in [-0.15, -0.1) is 11.3 Å². The molecule has 3 amide bonds. The molecule has 1 saturated heterocycles. The second-order valence-electron chi connectivity index (χ2n) is 13.1. The van der Waals surface area contributed by atoms with Gasteiger partial charge in [0, 0.05) is 38.5 Å². The molecule has 266 valence electrons. The second-order valence-corrected chi connectivity index (χ2v) is 15.8. The van der Waals surface area contributed by atoms with E-state index in [2.05, 4.69) is 10.3 Å². The van der Waals surface area contributed by atoms with Gasteiger partial charge >= 0.3 is 6.03 Å². The molecule has 0 saturated carbocycles. The zero-order valence-corrected chi connectivity index (χ0v) is 30.5. The van der Waals surface area contributed by atoms with Crippen LogP contribution in [0.3, 0.4) is 0 Å². The maximum absolute atomic E-state index is 14.1. The van der Waals surface area contributed by atoms with Gasteiger partial charge in [0.1, 0.15) is 11.8 Å². The highest BCUT2D eigenvalue weighted by molar-refractivity contribution is 7.89. The number of aliphatic hydroxyl groups excluding tert-OH is 1. The smallest absolute Gasteiger partial charge is 0.321 e. The lowest BCUT2D eigenvalue weighted by Crippen LogP contribution is -2.57. The van der Waals surface area contributed by atoms with Crippen molar-refractivity contribution in [3.05, 3.63) is 76.2 Å². The van der Waals surface area contributed by atoms with E-state index in [-0.39, 0.29) is 54.6 Å². The van der Waals surface area contributed by atoms with Gasteiger partial charge in [0.05, 0.1) is 36.4 Å². The Kier molecular flexibility index (Phi) is 12.9. The van der Waals surface area contributed by atoms with Gasteiger partial charge in [-0.3, -0.25) is 9.59 Å². The van der Waals surface area contributed by atoms with Gasteiger partial charge in [-0.1, -0.05) is 58.0 Å². The van der Waals surface area contributed by atoms with Crippen LogP contribution in [0, 0.1) is 11.8 Å². The lowest BCUT2D eigenvalue weighted by Gasteiger charge is -2.34. The maximum Gasteiger partial charge on any atom is 0.321 e. The van der Waals surface area contributed by atoms with Crippen molar-refractivity contribution in [2.24, 2.45) is 11.8 Å². The predicted octanol–water partition coefficient (Wildman–Crippen LogP) is 4.05. The number of sulfonamides is 1. The quantitative estimate of drug-likeness (QED) is 0.199. The molecule has 0 radical (unpaired) electrons. The van der Waals surface area contributed by atoms with Crippen molar-refractivity contribution in [1.29, 1.82) is 0 Å². The number of thiazole rings is 1. The van der Waals surface area contributed by atoms with Crippen LogP contribution < -0.4 is 10.1 Å². The summed E-state index contributed by atoms with van der Waals surface area (Å²) in [5.41, 5.74) is 1.45. The number of hydrogen-bond acceptors (Lipinski definition) is 9. The number of nitrogens with one attached hydrogen (secondary N) is 1. The highest BCUT2D eigenvalue weighted by Crippen LogP contribution is 2.24. The Bertz CT molecular complexity index is 1680. The Labute approximate surface area is 293 Å². The maximum atomic E-state index is 14.1. The van der Waals surface area contributed by atoms with E-state index in [1.165, 1.54) is 46.7 Å². The number of amides is 3. The molecule has 2 N–H and O–H groups in total. The highest BCUT2D eigenvalue weighted by atomic mass is 32.2. The number of aromatic nitrogens is 1. The summed E-state index contributed by atoms with van der Waals surface area (Å²) in [5, 5.41) is 16.9. The molecule has 49 heavy (non-hydrogen) atoms. The van der Waals surface area contributed by atoms with Crippen LogP contribution in [0.1, 0.15) is 55.7 Å². The largest absolute Gasteiger partial charge is 0.497 e. The number of rotatable bonds is 17. The summed E-state index contributed by atoms with van der Waals surface area (Å²) in [6, 6.07) is 13.4. The van der Waals surface area contributed by atoms with Crippen LogP contribution in [0.2, 0.25) is 0 Å². The third kappa shape index (κ3) is 9.65. The number of aliphatic hydroxyl groups is 1. The number of Topliss-reactive ketones (excluding diaryl/α,β-unsaturated/α-hetero) is 1. The molecule has 4 rings (SSSR count). The Morgan fingerprint density at radius 3 is 2.29 bits per heavy atom. The van der Waals surface area contributed by atoms with Gasteiger partial charge in [-0.25, -0.2) is 18.2 Å². The SMILES string of the molecule is COc1ccc(S(=O)(=O)N(CC(C)C)C[C@H](O)[C@H](Cc2ccccc2)NC(=O)[C@H](C(C)C)N2CCN(Cc3csc(C(C)=O)n3)C2=O)cc1. The molecule has 0 unspecified atom stereocenters. The molecule has 12 nitrogen and oxygen atoms in total. The molecular weight excluding hydrogens is 667 g/mol. The van der Waals surface area contributed by atoms with Crippen LogP contribution in [0.4, 0.5) is 4.79 Å². The van der Waals surface area contributed by atoms with Crippen molar-refractivity contribution >= 4 is 39.1 Å². The first kappa shape index (κ1) is 38.0. The summed E-state index contributed by atoms with van der Waals surface area (Å²) in [6.07, 6.45) is -1.05. The molecule has 1 aliphatic rings. The lowest BCUT2D eigenvalue weighted by molar-refractivity contribution is -0.128. The van der Waals surface area contributed by atoms with Crippen molar-refractivity contribution < 1.29 is 32.6 Å². The van der Waals surface area contributed by atoms with Gasteiger partial charge in [0.15, 0.2) is 10.8 Å². The minimum atomic E-state index is -4.01. The number of urea groups is 1. The van der Waals surface area contributed by atoms with Crippen molar-refractivity contribution in [1.82, 2.24) is 24.4 Å². The van der Waals surface area contributed by atoms with Crippen molar-refractivity contribution in [2.45, 2.75) is 70.7 Å². The Morgan fingerprint density at radius 2 is 1.71 bits per heavy atom. The minimum absolute atomic E-state index is 0.0461. The molecule has 1 aliphatic heterocycles. The summed E-state index contributed by atoms with van der Waals surface area (Å²) in [7, 11) is -2.51. The molecule has 14 heteroatoms. The molecule has 3 aromatic rings. The summed E-state index contributed by atoms with van der Waals surface area (Å²) >= 11 is 1.23. The number of carbonyl (C=O) groups excluding carboxylic acids is 3. The van der Waals surface area contributed by atoms with E-state index in [0.717, 1.165) is 5.56 Å². The van der Waals surface area contributed by atoms with Crippen LogP contribution >= 0.6 is 11.3 Å². The highest BCUT2D eigenvalue weighted by Gasteiger charge is 2.40. The fourth-order valence-electron chi connectivity index (χ4n) is 5.88. The first-order valence-electron chi connectivity index (χ1n) is 16.4. The van der Waals surface area contributed by atoms with Crippen molar-refractivity contribution in [2.75, 3.05) is 33.3 Å². The molecule has 1 aromatic heterocycles. The second kappa shape index (κ2) is 16.7. The molecule has 0 spiro atoms. The Morgan fingerprint density at radius 1 is 1.04 bits per heavy atom. The third-order valence-corrected chi connectivity index (χ3v) is 11.2. The molecule has 2 heterocycles. The van der Waals surface area contributed by atoms with Crippen LogP contribution in [0.25, 0.3) is 0 Å². The standard InChI is InChI=1S/C35H47N5O7S2/c1-23(2)19-39(49(45,46)29-14-12-28(47-6)13-15-29)21-31(42)30(18-26-10-8-7-9-11-26)37-33(43)32(24(3)4)40-17-16-38(35(40)44)20-27-22-48-34(36-27)25(5)41/h7-15,22-24,30-32,42H,16-21H2,1-6H3,(H,37,43)/t30-,31-,32-/m0/s1. The normalized spacial score (nSPS) is 15.6. The molecule has 0 bridgehead atoms. The zero-order valence-electron chi connectivity index (χ0n) is 28.9. The van der Waals surface area contributed by atoms with Gasteiger partial charge in [0.2, 0.25) is 15.9 Å². The average molecular weight is 714 g/mol. The number of hydrogen-bond donors (Lipinski definition) is 2. The van der Waals surface area contributed by atoms with Crippen LogP contribution in [-0.4, -0.2) is 102 Å². The van der Waals surface area contributed by atoms with Gasteiger partial charge < -0.3 is 25.0 Å². The van der Waals surface area contributed by atoms with E-state index < -0.39 is 34.1 Å². The van der Waals surface area contributed by atoms with E-state index in [1.54, 1.807) is 22.4 Å². The van der Waals surface area contributed by atoms with E-state index in [9.17, 15) is 27.9 Å². The fraction of sp³-hybridized carbons (Fsp3) is 0.486. The Balaban J connectivity index is 1.56. The van der Waals surface area contributed by atoms with Crippen molar-refractivity contribution in [3.63, 3.8) is 0 Å². The van der Waals surface area contributed by atoms with Gasteiger partial charge in [0.25, 0.3) is 0 Å². The topological polar surface area (TPSA) is 149 Å². The van der Waals surface area contributed by atoms with Crippen molar-refractivity contribution in [3.8, 4) is 5.75 Å². The fourth-order valence-corrected chi connectivity index (χ4v) is 8.21. The van der Waals surface area contributed by atoms with Gasteiger partial charge in [-0.2, -0.15) is 4.31 Å². The molecular formula is C35H47N5O7S2. The van der Waals surface area contributed by atoms with Gasteiger partial charge in [-0.05, 0) is 48.1 Å². The summed E-state index contributed by atoms with van der Waals surface area (Å²) in [6.45, 7) is 9.75. The first-order chi connectivity index (χ1) is 23.2. The van der Waals surface area contributed by atoms with E-state index in [0.29, 0.717) is 29.5 Å². The number of methoxy groups -OCH3 is 1. The molecule has 1 fully saturated rings. The third-order valence-electron chi connectivity index (χ3n) is 8.32. The summed E-state index contributed by atoms with van der Waals surface area (Å²) < 4.78 is 34.1. The number of carbonyl (C=O) groups is 3. The van der Waals surface area contributed by atoms with Crippen LogP contribution in [0.5, 0.6) is 5.75 Å². The lowest BCUT2D eigenvalue weighted by atomic mass is 9.97. The molecule has 3 atom stereocenters. The van der Waals surface area contributed by atoms with Crippen LogP contribution in [0.15, 0.2) is 64.9 Å². The summed E-state index contributed by atoms with van der Waals surface area (Å²) in [4.78, 5) is 46.9. The molecule has 2 aromatic carbocycles. The van der Waals surface area contributed by atoms with E-state index in [4.69, 9.17) is 4.74 Å². The van der Waals surface area contributed by atoms with E-state index >= 15 is 0 Å². The monoisotopic (exact) mass is 713 g/mol. The number of benzene rings is 2. The van der Waals surface area contributed by atoms with Crippen LogP contribution in [-0.2, 0) is 27.8 Å². The Hall–Kier alpha value is -3.85. The minimum Gasteiger partial charge on any atom is -0.497 e. The summed E-state index contributed by atoms with van der Waals surface area (Å²) in [5.74, 6) is -0.374. The number of ether oxygens (including phenoxy) is 1. The predicted molar refractivity (Wildman–Crippen MR) is 188 cm³/mol. The number of nitrogens with zero attached hydrogens (tertiary/aromatic N) is 4. The molecule has 0 aliphatic carbocycles.